The van der Waals surface area contributed by atoms with E-state index in [-0.39, 0.29) is 12.4 Å². The van der Waals surface area contributed by atoms with Gasteiger partial charge >= 0.3 is 0 Å². The molecule has 0 fully saturated rings. The minimum atomic E-state index is -0.434. The Bertz CT molecular complexity index is 379. The fraction of sp³-hybridized carbons (Fsp3) is 0.538. The van der Waals surface area contributed by atoms with Crippen LogP contribution in [0.5, 0.6) is 5.75 Å². The summed E-state index contributed by atoms with van der Waals surface area (Å²) in [5.41, 5.74) is 0.570. The summed E-state index contributed by atoms with van der Waals surface area (Å²) in [7, 11) is 0. The number of ether oxygens (including phenoxy) is 3. The van der Waals surface area contributed by atoms with Crippen molar-refractivity contribution in [3.8, 4) is 5.75 Å². The standard InChI is InChI=1S/C13H18BrFO3/c1-4-16-13(17-5-2)8-18-12-7-11(15)9(3)6-10(12)14/h6-7,13H,4-5,8H2,1-3H3. The quantitative estimate of drug-likeness (QED) is 0.717. The highest BCUT2D eigenvalue weighted by Crippen LogP contribution is 2.28. The molecule has 0 heterocycles. The lowest BCUT2D eigenvalue weighted by molar-refractivity contribution is -0.152. The zero-order valence-corrected chi connectivity index (χ0v) is 12.4. The monoisotopic (exact) mass is 320 g/mol. The van der Waals surface area contributed by atoms with Crippen LogP contribution in [0.1, 0.15) is 19.4 Å². The summed E-state index contributed by atoms with van der Waals surface area (Å²) in [4.78, 5) is 0. The molecule has 102 valence electrons. The summed E-state index contributed by atoms with van der Waals surface area (Å²) >= 11 is 3.34. The van der Waals surface area contributed by atoms with Gasteiger partial charge in [0, 0.05) is 19.3 Å². The number of halogens is 2. The minimum absolute atomic E-state index is 0.225. The van der Waals surface area contributed by atoms with E-state index in [0.717, 1.165) is 0 Å². The van der Waals surface area contributed by atoms with Crippen molar-refractivity contribution in [1.29, 1.82) is 0 Å². The summed E-state index contributed by atoms with van der Waals surface area (Å²) < 4.78 is 30.3. The summed E-state index contributed by atoms with van der Waals surface area (Å²) in [6.45, 7) is 6.77. The van der Waals surface area contributed by atoms with Crippen molar-refractivity contribution in [1.82, 2.24) is 0 Å². The van der Waals surface area contributed by atoms with Gasteiger partial charge in [-0.1, -0.05) is 0 Å². The van der Waals surface area contributed by atoms with Crippen LogP contribution in [0.25, 0.3) is 0 Å². The predicted octanol–water partition coefficient (Wildman–Crippen LogP) is 3.67. The first-order valence-corrected chi connectivity index (χ1v) is 6.69. The molecule has 0 saturated carbocycles. The van der Waals surface area contributed by atoms with Crippen LogP contribution in [0.4, 0.5) is 4.39 Å². The van der Waals surface area contributed by atoms with Gasteiger partial charge in [0.05, 0.1) is 4.47 Å². The Morgan fingerprint density at radius 2 is 1.83 bits per heavy atom. The Labute approximate surface area is 115 Å². The molecule has 0 radical (unpaired) electrons. The summed E-state index contributed by atoms with van der Waals surface area (Å²) in [5, 5.41) is 0. The van der Waals surface area contributed by atoms with Crippen LogP contribution in [0.3, 0.4) is 0 Å². The van der Waals surface area contributed by atoms with Gasteiger partial charge in [-0.25, -0.2) is 4.39 Å². The van der Waals surface area contributed by atoms with E-state index in [1.807, 2.05) is 13.8 Å². The SMILES string of the molecule is CCOC(COc1cc(F)c(C)cc1Br)OCC. The summed E-state index contributed by atoms with van der Waals surface area (Å²) in [5.74, 6) is 0.153. The molecular weight excluding hydrogens is 303 g/mol. The Morgan fingerprint density at radius 1 is 1.22 bits per heavy atom. The minimum Gasteiger partial charge on any atom is -0.487 e. The Hall–Kier alpha value is -0.650. The maximum Gasteiger partial charge on any atom is 0.191 e. The Balaban J connectivity index is 2.64. The van der Waals surface area contributed by atoms with Crippen LogP contribution < -0.4 is 4.74 Å². The first kappa shape index (κ1) is 15.4. The van der Waals surface area contributed by atoms with Gasteiger partial charge in [0.2, 0.25) is 0 Å². The highest BCUT2D eigenvalue weighted by atomic mass is 79.9. The lowest BCUT2D eigenvalue weighted by Gasteiger charge is -2.18. The maximum atomic E-state index is 13.4. The lowest BCUT2D eigenvalue weighted by Crippen LogP contribution is -2.25. The largest absolute Gasteiger partial charge is 0.487 e. The molecule has 0 aliphatic rings. The molecule has 0 aliphatic heterocycles. The van der Waals surface area contributed by atoms with E-state index in [1.54, 1.807) is 13.0 Å². The molecule has 0 amide bonds. The number of hydrogen-bond acceptors (Lipinski definition) is 3. The summed E-state index contributed by atoms with van der Waals surface area (Å²) in [6, 6.07) is 3.04. The molecule has 18 heavy (non-hydrogen) atoms. The Morgan fingerprint density at radius 3 is 2.39 bits per heavy atom. The second-order valence-corrected chi connectivity index (χ2v) is 4.54. The molecule has 0 bridgehead atoms. The highest BCUT2D eigenvalue weighted by molar-refractivity contribution is 9.10. The maximum absolute atomic E-state index is 13.4. The van der Waals surface area contributed by atoms with Crippen LogP contribution in [-0.2, 0) is 9.47 Å². The van der Waals surface area contributed by atoms with E-state index in [4.69, 9.17) is 14.2 Å². The second-order valence-electron chi connectivity index (χ2n) is 3.68. The van der Waals surface area contributed by atoms with Gasteiger partial charge in [-0.05, 0) is 48.3 Å². The molecular formula is C13H18BrFO3. The predicted molar refractivity (Wildman–Crippen MR) is 71.4 cm³/mol. The smallest absolute Gasteiger partial charge is 0.191 e. The van der Waals surface area contributed by atoms with E-state index in [9.17, 15) is 4.39 Å². The van der Waals surface area contributed by atoms with Crippen LogP contribution in [0, 0.1) is 12.7 Å². The fourth-order valence-corrected chi connectivity index (χ4v) is 1.98. The third kappa shape index (κ3) is 4.55. The topological polar surface area (TPSA) is 27.7 Å². The van der Waals surface area contributed by atoms with Crippen LogP contribution in [0.2, 0.25) is 0 Å². The first-order valence-electron chi connectivity index (χ1n) is 5.90. The molecule has 0 atom stereocenters. The van der Waals surface area contributed by atoms with Crippen molar-refractivity contribution in [3.05, 3.63) is 28.0 Å². The van der Waals surface area contributed by atoms with Crippen molar-refractivity contribution in [2.75, 3.05) is 19.8 Å². The average Bonchev–Trinajstić information content (AvgIpc) is 2.32. The van der Waals surface area contributed by atoms with Gasteiger partial charge in [-0.15, -0.1) is 0 Å². The van der Waals surface area contributed by atoms with Gasteiger partial charge in [-0.3, -0.25) is 0 Å². The number of rotatable bonds is 7. The molecule has 0 spiro atoms. The van der Waals surface area contributed by atoms with Gasteiger partial charge < -0.3 is 14.2 Å². The zero-order valence-electron chi connectivity index (χ0n) is 10.8. The number of aryl methyl sites for hydroxylation is 1. The zero-order chi connectivity index (χ0) is 13.5. The van der Waals surface area contributed by atoms with E-state index in [2.05, 4.69) is 15.9 Å². The highest BCUT2D eigenvalue weighted by Gasteiger charge is 2.12. The molecule has 1 rings (SSSR count). The normalized spacial score (nSPS) is 11.0. The second kappa shape index (κ2) is 7.71. The van der Waals surface area contributed by atoms with Crippen molar-refractivity contribution in [2.45, 2.75) is 27.1 Å². The molecule has 1 aromatic rings. The van der Waals surface area contributed by atoms with E-state index in [1.165, 1.54) is 6.07 Å². The van der Waals surface area contributed by atoms with Crippen molar-refractivity contribution in [3.63, 3.8) is 0 Å². The molecule has 0 saturated heterocycles. The van der Waals surface area contributed by atoms with Gasteiger partial charge in [-0.2, -0.15) is 0 Å². The van der Waals surface area contributed by atoms with Crippen molar-refractivity contribution in [2.24, 2.45) is 0 Å². The number of hydrogen-bond donors (Lipinski definition) is 0. The third-order valence-corrected chi connectivity index (χ3v) is 2.91. The molecule has 0 aromatic heterocycles. The van der Waals surface area contributed by atoms with Crippen LogP contribution in [0.15, 0.2) is 16.6 Å². The van der Waals surface area contributed by atoms with Crippen LogP contribution in [-0.4, -0.2) is 26.1 Å². The van der Waals surface area contributed by atoms with Crippen molar-refractivity contribution < 1.29 is 18.6 Å². The third-order valence-electron chi connectivity index (χ3n) is 2.29. The van der Waals surface area contributed by atoms with E-state index in [0.29, 0.717) is 29.0 Å². The molecule has 0 unspecified atom stereocenters. The fourth-order valence-electron chi connectivity index (χ4n) is 1.41. The van der Waals surface area contributed by atoms with Crippen molar-refractivity contribution >= 4 is 15.9 Å². The van der Waals surface area contributed by atoms with Crippen LogP contribution >= 0.6 is 15.9 Å². The average molecular weight is 321 g/mol. The molecule has 3 nitrogen and oxygen atoms in total. The van der Waals surface area contributed by atoms with Gasteiger partial charge in [0.15, 0.2) is 6.29 Å². The molecule has 5 heteroatoms. The summed E-state index contributed by atoms with van der Waals surface area (Å²) in [6.07, 6.45) is -0.434. The first-order chi connectivity index (χ1) is 8.58. The number of benzene rings is 1. The van der Waals surface area contributed by atoms with Gasteiger partial charge in [0.25, 0.3) is 0 Å². The molecule has 0 N–H and O–H groups in total. The van der Waals surface area contributed by atoms with Gasteiger partial charge in [0.1, 0.15) is 18.2 Å². The van der Waals surface area contributed by atoms with E-state index < -0.39 is 6.29 Å². The lowest BCUT2D eigenvalue weighted by atomic mass is 10.2. The molecule has 0 aliphatic carbocycles. The Kier molecular flexibility index (Phi) is 6.60. The van der Waals surface area contributed by atoms with E-state index >= 15 is 0 Å². The molecule has 1 aromatic carbocycles.